The predicted molar refractivity (Wildman–Crippen MR) is 79.4 cm³/mol. The second kappa shape index (κ2) is 9.58. The number of hydrogen-bond donors (Lipinski definition) is 1. The lowest BCUT2D eigenvalue weighted by molar-refractivity contribution is 0.471. The fraction of sp³-hybridized carbons (Fsp3) is 0.529. The average molecular weight is 261 g/mol. The van der Waals surface area contributed by atoms with Crippen molar-refractivity contribution in [3.05, 3.63) is 35.6 Å². The van der Waals surface area contributed by atoms with Crippen LogP contribution < -0.4 is 5.32 Å². The SMILES string of the molecule is C#CCCCCNC(CCCC)c1ccc(F)cc1. The highest BCUT2D eigenvalue weighted by atomic mass is 19.1. The zero-order valence-electron chi connectivity index (χ0n) is 11.8. The summed E-state index contributed by atoms with van der Waals surface area (Å²) in [5.74, 6) is 2.48. The Balaban J connectivity index is 2.47. The Morgan fingerprint density at radius 3 is 2.58 bits per heavy atom. The predicted octanol–water partition coefficient (Wildman–Crippen LogP) is 4.45. The normalized spacial score (nSPS) is 12.1. The lowest BCUT2D eigenvalue weighted by Gasteiger charge is -2.19. The van der Waals surface area contributed by atoms with Gasteiger partial charge in [-0.05, 0) is 43.5 Å². The summed E-state index contributed by atoms with van der Waals surface area (Å²) in [4.78, 5) is 0. The standard InChI is InChI=1S/C17H24FN/c1-3-5-7-8-14-19-17(9-6-4-2)15-10-12-16(18)13-11-15/h1,10-13,17,19H,4-9,14H2,2H3. The fourth-order valence-corrected chi connectivity index (χ4v) is 2.12. The molecule has 0 bridgehead atoms. The molecule has 0 aromatic heterocycles. The first-order valence-electron chi connectivity index (χ1n) is 7.20. The lowest BCUT2D eigenvalue weighted by atomic mass is 10.0. The molecule has 0 amide bonds. The minimum Gasteiger partial charge on any atom is -0.310 e. The van der Waals surface area contributed by atoms with Crippen molar-refractivity contribution in [3.8, 4) is 12.3 Å². The number of unbranched alkanes of at least 4 members (excludes halogenated alkanes) is 3. The minimum absolute atomic E-state index is 0.174. The van der Waals surface area contributed by atoms with Gasteiger partial charge < -0.3 is 5.32 Å². The summed E-state index contributed by atoms with van der Waals surface area (Å²) in [6, 6.07) is 7.16. The summed E-state index contributed by atoms with van der Waals surface area (Å²) in [6.45, 7) is 3.15. The van der Waals surface area contributed by atoms with Crippen LogP contribution in [0.15, 0.2) is 24.3 Å². The number of terminal acetylenes is 1. The summed E-state index contributed by atoms with van der Waals surface area (Å²) in [7, 11) is 0. The van der Waals surface area contributed by atoms with Crippen molar-refractivity contribution in [1.82, 2.24) is 5.32 Å². The van der Waals surface area contributed by atoms with Crippen LogP contribution in [0, 0.1) is 18.2 Å². The number of halogens is 1. The molecule has 1 aromatic carbocycles. The average Bonchev–Trinajstić information content (AvgIpc) is 2.43. The second-order valence-electron chi connectivity index (χ2n) is 4.86. The van der Waals surface area contributed by atoms with Gasteiger partial charge in [0.25, 0.3) is 0 Å². The van der Waals surface area contributed by atoms with Crippen LogP contribution in [0.3, 0.4) is 0 Å². The molecule has 2 heteroatoms. The van der Waals surface area contributed by atoms with Crippen molar-refractivity contribution in [2.24, 2.45) is 0 Å². The van der Waals surface area contributed by atoms with Crippen LogP contribution in [0.4, 0.5) is 4.39 Å². The molecule has 0 radical (unpaired) electrons. The van der Waals surface area contributed by atoms with E-state index in [4.69, 9.17) is 6.42 Å². The number of hydrogen-bond acceptors (Lipinski definition) is 1. The number of nitrogens with one attached hydrogen (secondary N) is 1. The van der Waals surface area contributed by atoms with Crippen LogP contribution in [-0.2, 0) is 0 Å². The molecule has 1 N–H and O–H groups in total. The molecule has 0 fully saturated rings. The molecular formula is C17H24FN. The van der Waals surface area contributed by atoms with Crippen LogP contribution >= 0.6 is 0 Å². The van der Waals surface area contributed by atoms with Gasteiger partial charge in [-0.3, -0.25) is 0 Å². The topological polar surface area (TPSA) is 12.0 Å². The van der Waals surface area contributed by atoms with Gasteiger partial charge in [0, 0.05) is 12.5 Å². The number of rotatable bonds is 9. The molecule has 1 unspecified atom stereocenters. The van der Waals surface area contributed by atoms with Gasteiger partial charge in [-0.2, -0.15) is 0 Å². The molecule has 0 spiro atoms. The van der Waals surface area contributed by atoms with E-state index < -0.39 is 0 Å². The molecule has 104 valence electrons. The van der Waals surface area contributed by atoms with E-state index >= 15 is 0 Å². The van der Waals surface area contributed by atoms with Gasteiger partial charge in [0.05, 0.1) is 0 Å². The van der Waals surface area contributed by atoms with Gasteiger partial charge in [0.15, 0.2) is 0 Å². The van der Waals surface area contributed by atoms with Gasteiger partial charge >= 0.3 is 0 Å². The van der Waals surface area contributed by atoms with Crippen LogP contribution in [0.5, 0.6) is 0 Å². The fourth-order valence-electron chi connectivity index (χ4n) is 2.12. The third-order valence-electron chi connectivity index (χ3n) is 3.26. The van der Waals surface area contributed by atoms with Crippen LogP contribution in [0.2, 0.25) is 0 Å². The summed E-state index contributed by atoms with van der Waals surface area (Å²) < 4.78 is 13.0. The quantitative estimate of drug-likeness (QED) is 0.511. The molecular weight excluding hydrogens is 237 g/mol. The smallest absolute Gasteiger partial charge is 0.123 e. The molecule has 0 aliphatic rings. The highest BCUT2D eigenvalue weighted by molar-refractivity contribution is 5.19. The van der Waals surface area contributed by atoms with E-state index in [1.165, 1.54) is 30.5 Å². The maximum absolute atomic E-state index is 13.0. The van der Waals surface area contributed by atoms with Crippen molar-refractivity contribution in [3.63, 3.8) is 0 Å². The van der Waals surface area contributed by atoms with Crippen molar-refractivity contribution in [2.45, 2.75) is 51.5 Å². The molecule has 1 atom stereocenters. The Kier molecular flexibility index (Phi) is 7.93. The van der Waals surface area contributed by atoms with E-state index in [2.05, 4.69) is 18.2 Å². The summed E-state index contributed by atoms with van der Waals surface area (Å²) in [6.07, 6.45) is 11.7. The Hall–Kier alpha value is -1.33. The maximum atomic E-state index is 13.0. The zero-order valence-corrected chi connectivity index (χ0v) is 11.8. The van der Waals surface area contributed by atoms with E-state index in [-0.39, 0.29) is 5.82 Å². The Bertz CT molecular complexity index is 377. The molecule has 0 heterocycles. The first kappa shape index (κ1) is 15.7. The van der Waals surface area contributed by atoms with Crippen LogP contribution in [-0.4, -0.2) is 6.54 Å². The van der Waals surface area contributed by atoms with E-state index in [1.807, 2.05) is 12.1 Å². The van der Waals surface area contributed by atoms with Crippen LogP contribution in [0.1, 0.15) is 57.1 Å². The van der Waals surface area contributed by atoms with Gasteiger partial charge in [-0.25, -0.2) is 4.39 Å². The molecule has 19 heavy (non-hydrogen) atoms. The van der Waals surface area contributed by atoms with Crippen LogP contribution in [0.25, 0.3) is 0 Å². The Labute approximate surface area is 116 Å². The van der Waals surface area contributed by atoms with Crippen molar-refractivity contribution < 1.29 is 4.39 Å². The maximum Gasteiger partial charge on any atom is 0.123 e. The third-order valence-corrected chi connectivity index (χ3v) is 3.26. The van der Waals surface area contributed by atoms with E-state index in [0.29, 0.717) is 6.04 Å². The van der Waals surface area contributed by atoms with Gasteiger partial charge in [0.1, 0.15) is 5.82 Å². The second-order valence-corrected chi connectivity index (χ2v) is 4.86. The first-order chi connectivity index (χ1) is 9.27. The largest absolute Gasteiger partial charge is 0.310 e. The third kappa shape index (κ3) is 6.40. The first-order valence-corrected chi connectivity index (χ1v) is 7.20. The molecule has 0 saturated carbocycles. The lowest BCUT2D eigenvalue weighted by Crippen LogP contribution is -2.22. The van der Waals surface area contributed by atoms with Gasteiger partial charge in [-0.1, -0.05) is 31.9 Å². The van der Waals surface area contributed by atoms with Crippen molar-refractivity contribution in [2.75, 3.05) is 6.54 Å². The molecule has 1 aromatic rings. The zero-order chi connectivity index (χ0) is 13.9. The highest BCUT2D eigenvalue weighted by Gasteiger charge is 2.09. The van der Waals surface area contributed by atoms with E-state index in [1.54, 1.807) is 0 Å². The summed E-state index contributed by atoms with van der Waals surface area (Å²) in [5, 5.41) is 3.56. The summed E-state index contributed by atoms with van der Waals surface area (Å²) in [5.41, 5.74) is 1.17. The Morgan fingerprint density at radius 2 is 1.95 bits per heavy atom. The van der Waals surface area contributed by atoms with Crippen molar-refractivity contribution >= 4 is 0 Å². The monoisotopic (exact) mass is 261 g/mol. The van der Waals surface area contributed by atoms with Gasteiger partial charge in [0.2, 0.25) is 0 Å². The number of benzene rings is 1. The summed E-state index contributed by atoms with van der Waals surface area (Å²) >= 11 is 0. The van der Waals surface area contributed by atoms with Gasteiger partial charge in [-0.15, -0.1) is 12.3 Å². The molecule has 0 aliphatic carbocycles. The van der Waals surface area contributed by atoms with E-state index in [9.17, 15) is 4.39 Å². The molecule has 1 rings (SSSR count). The Morgan fingerprint density at radius 1 is 1.21 bits per heavy atom. The molecule has 1 nitrogen and oxygen atoms in total. The molecule has 0 aliphatic heterocycles. The highest BCUT2D eigenvalue weighted by Crippen LogP contribution is 2.19. The molecule has 0 saturated heterocycles. The minimum atomic E-state index is -0.174. The van der Waals surface area contributed by atoms with Crippen molar-refractivity contribution in [1.29, 1.82) is 0 Å². The van der Waals surface area contributed by atoms with E-state index in [0.717, 1.165) is 32.2 Å².